The number of hydrogen-bond acceptors (Lipinski definition) is 3. The number of nitrogens with zero attached hydrogens (tertiary/aromatic N) is 1. The second-order valence-corrected chi connectivity index (χ2v) is 4.49. The zero-order valence-corrected chi connectivity index (χ0v) is 10.6. The largest absolute Gasteiger partial charge is 0.354 e. The third-order valence-corrected chi connectivity index (χ3v) is 3.11. The summed E-state index contributed by atoms with van der Waals surface area (Å²) in [6, 6.07) is 5.17. The summed E-state index contributed by atoms with van der Waals surface area (Å²) < 4.78 is 12.8. The molecule has 1 aromatic rings. The number of halogens is 1. The van der Waals surface area contributed by atoms with Crippen molar-refractivity contribution in [2.24, 2.45) is 0 Å². The van der Waals surface area contributed by atoms with Gasteiger partial charge in [0.15, 0.2) is 0 Å². The molecule has 102 valence electrons. The lowest BCUT2D eigenvalue weighted by Crippen LogP contribution is -2.53. The minimum atomic E-state index is -0.406. The van der Waals surface area contributed by atoms with Gasteiger partial charge in [-0.1, -0.05) is 0 Å². The number of anilines is 1. The molecule has 1 aliphatic heterocycles. The zero-order chi connectivity index (χ0) is 13.8. The van der Waals surface area contributed by atoms with Crippen molar-refractivity contribution in [1.29, 1.82) is 0 Å². The molecule has 2 N–H and O–H groups in total. The summed E-state index contributed by atoms with van der Waals surface area (Å²) in [5, 5.41) is 5.41. The third-order valence-electron chi connectivity index (χ3n) is 3.11. The zero-order valence-electron chi connectivity index (χ0n) is 10.6. The molecule has 0 aromatic heterocycles. The Balaban J connectivity index is 1.95. The van der Waals surface area contributed by atoms with Gasteiger partial charge < -0.3 is 10.6 Å². The van der Waals surface area contributed by atoms with Crippen LogP contribution in [0.1, 0.15) is 6.92 Å². The number of carbonyl (C=O) groups is 2. The summed E-state index contributed by atoms with van der Waals surface area (Å²) in [7, 11) is 0. The van der Waals surface area contributed by atoms with E-state index in [1.165, 1.54) is 24.3 Å². The van der Waals surface area contributed by atoms with E-state index in [0.29, 0.717) is 18.8 Å². The Hall–Kier alpha value is -1.95. The van der Waals surface area contributed by atoms with Crippen molar-refractivity contribution in [3.05, 3.63) is 30.1 Å². The number of nitrogens with one attached hydrogen (secondary N) is 2. The maximum atomic E-state index is 12.8. The van der Waals surface area contributed by atoms with E-state index in [1.54, 1.807) is 11.8 Å². The molecule has 1 fully saturated rings. The molecular formula is C13H16FN3O2. The first-order valence-corrected chi connectivity index (χ1v) is 6.13. The molecular weight excluding hydrogens is 249 g/mol. The molecule has 19 heavy (non-hydrogen) atoms. The second kappa shape index (κ2) is 5.79. The van der Waals surface area contributed by atoms with E-state index in [9.17, 15) is 14.0 Å². The highest BCUT2D eigenvalue weighted by Gasteiger charge is 2.25. The van der Waals surface area contributed by atoms with E-state index < -0.39 is 6.04 Å². The fourth-order valence-electron chi connectivity index (χ4n) is 1.93. The number of hydrogen-bond donors (Lipinski definition) is 2. The Labute approximate surface area is 110 Å². The fourth-order valence-corrected chi connectivity index (χ4v) is 1.93. The molecule has 2 rings (SSSR count). The normalized spacial score (nSPS) is 17.7. The molecule has 2 amide bonds. The van der Waals surface area contributed by atoms with Crippen molar-refractivity contribution in [2.75, 3.05) is 25.0 Å². The van der Waals surface area contributed by atoms with Crippen LogP contribution in [0.3, 0.4) is 0 Å². The van der Waals surface area contributed by atoms with E-state index in [-0.39, 0.29) is 24.2 Å². The molecule has 1 atom stereocenters. The van der Waals surface area contributed by atoms with Gasteiger partial charge in [0.05, 0.1) is 12.6 Å². The highest BCUT2D eigenvalue weighted by atomic mass is 19.1. The van der Waals surface area contributed by atoms with Gasteiger partial charge in [-0.15, -0.1) is 0 Å². The van der Waals surface area contributed by atoms with Crippen molar-refractivity contribution in [3.8, 4) is 0 Å². The molecule has 1 saturated heterocycles. The monoisotopic (exact) mass is 265 g/mol. The average Bonchev–Trinajstić information content (AvgIpc) is 2.40. The molecule has 5 nitrogen and oxygen atoms in total. The Bertz CT molecular complexity index is 475. The number of rotatable bonds is 3. The van der Waals surface area contributed by atoms with Gasteiger partial charge in [-0.25, -0.2) is 4.39 Å². The van der Waals surface area contributed by atoms with Crippen LogP contribution in [0.25, 0.3) is 0 Å². The molecule has 0 saturated carbocycles. The van der Waals surface area contributed by atoms with Crippen molar-refractivity contribution in [3.63, 3.8) is 0 Å². The fraction of sp³-hybridized carbons (Fsp3) is 0.385. The molecule has 0 unspecified atom stereocenters. The van der Waals surface area contributed by atoms with Crippen LogP contribution in [-0.4, -0.2) is 42.4 Å². The third kappa shape index (κ3) is 3.51. The average molecular weight is 265 g/mol. The summed E-state index contributed by atoms with van der Waals surface area (Å²) in [5.74, 6) is -0.632. The molecule has 1 aliphatic rings. The highest BCUT2D eigenvalue weighted by Crippen LogP contribution is 2.10. The molecule has 1 aromatic carbocycles. The van der Waals surface area contributed by atoms with Gasteiger partial charge in [-0.2, -0.15) is 0 Å². The van der Waals surface area contributed by atoms with Gasteiger partial charge in [-0.3, -0.25) is 14.5 Å². The van der Waals surface area contributed by atoms with Crippen molar-refractivity contribution in [1.82, 2.24) is 10.2 Å². The first-order chi connectivity index (χ1) is 9.06. The van der Waals surface area contributed by atoms with Gasteiger partial charge in [0.2, 0.25) is 11.8 Å². The summed E-state index contributed by atoms with van der Waals surface area (Å²) in [6.07, 6.45) is 0. The summed E-state index contributed by atoms with van der Waals surface area (Å²) in [5.41, 5.74) is 0.541. The SMILES string of the molecule is C[C@@H](C(=O)Nc1ccc(F)cc1)N1CCNC(=O)C1. The van der Waals surface area contributed by atoms with Crippen LogP contribution in [0.4, 0.5) is 10.1 Å². The molecule has 1 heterocycles. The maximum Gasteiger partial charge on any atom is 0.241 e. The van der Waals surface area contributed by atoms with Crippen LogP contribution in [0.2, 0.25) is 0 Å². The number of piperazine rings is 1. The topological polar surface area (TPSA) is 61.4 Å². The first-order valence-electron chi connectivity index (χ1n) is 6.13. The lowest BCUT2D eigenvalue weighted by atomic mass is 10.2. The van der Waals surface area contributed by atoms with Crippen LogP contribution in [0.5, 0.6) is 0 Å². The van der Waals surface area contributed by atoms with Gasteiger partial charge >= 0.3 is 0 Å². The van der Waals surface area contributed by atoms with E-state index in [2.05, 4.69) is 10.6 Å². The quantitative estimate of drug-likeness (QED) is 0.840. The van der Waals surface area contributed by atoms with Gasteiger partial charge in [0.1, 0.15) is 5.82 Å². The number of carbonyl (C=O) groups excluding carboxylic acids is 2. The molecule has 6 heteroatoms. The number of benzene rings is 1. The predicted molar refractivity (Wildman–Crippen MR) is 69.1 cm³/mol. The van der Waals surface area contributed by atoms with Crippen molar-refractivity contribution < 1.29 is 14.0 Å². The van der Waals surface area contributed by atoms with E-state index in [4.69, 9.17) is 0 Å². The van der Waals surface area contributed by atoms with Crippen LogP contribution in [0.15, 0.2) is 24.3 Å². The van der Waals surface area contributed by atoms with Crippen LogP contribution in [-0.2, 0) is 9.59 Å². The summed E-state index contributed by atoms with van der Waals surface area (Å²) in [4.78, 5) is 25.1. The lowest BCUT2D eigenvalue weighted by molar-refractivity contribution is -0.127. The van der Waals surface area contributed by atoms with Gasteiger partial charge in [-0.05, 0) is 31.2 Å². The Morgan fingerprint density at radius 3 is 2.74 bits per heavy atom. The Kier molecular flexibility index (Phi) is 4.11. The van der Waals surface area contributed by atoms with Crippen molar-refractivity contribution >= 4 is 17.5 Å². The number of amides is 2. The van der Waals surface area contributed by atoms with Crippen LogP contribution >= 0.6 is 0 Å². The minimum Gasteiger partial charge on any atom is -0.354 e. The molecule has 0 bridgehead atoms. The highest BCUT2D eigenvalue weighted by molar-refractivity contribution is 5.95. The standard InChI is InChI=1S/C13H16FN3O2/c1-9(17-7-6-15-12(18)8-17)13(19)16-11-4-2-10(14)3-5-11/h2-5,9H,6-8H2,1H3,(H,15,18)(H,16,19)/t9-/m0/s1. The van der Waals surface area contributed by atoms with Crippen LogP contribution < -0.4 is 10.6 Å². The summed E-state index contributed by atoms with van der Waals surface area (Å²) in [6.45, 7) is 3.16. The molecule has 0 spiro atoms. The Morgan fingerprint density at radius 2 is 2.11 bits per heavy atom. The van der Waals surface area contributed by atoms with Crippen molar-refractivity contribution in [2.45, 2.75) is 13.0 Å². The van der Waals surface area contributed by atoms with E-state index in [1.807, 2.05) is 0 Å². The smallest absolute Gasteiger partial charge is 0.241 e. The Morgan fingerprint density at radius 1 is 1.42 bits per heavy atom. The van der Waals surface area contributed by atoms with Gasteiger partial charge in [0, 0.05) is 18.8 Å². The van der Waals surface area contributed by atoms with E-state index in [0.717, 1.165) is 0 Å². The van der Waals surface area contributed by atoms with Gasteiger partial charge in [0.25, 0.3) is 0 Å². The summed E-state index contributed by atoms with van der Waals surface area (Å²) >= 11 is 0. The lowest BCUT2D eigenvalue weighted by Gasteiger charge is -2.31. The van der Waals surface area contributed by atoms with E-state index >= 15 is 0 Å². The maximum absolute atomic E-state index is 12.8. The first kappa shape index (κ1) is 13.5. The molecule has 0 radical (unpaired) electrons. The predicted octanol–water partition coefficient (Wildman–Crippen LogP) is 0.584. The minimum absolute atomic E-state index is 0.0762. The second-order valence-electron chi connectivity index (χ2n) is 4.49. The molecule has 0 aliphatic carbocycles. The van der Waals surface area contributed by atoms with Crippen LogP contribution in [0, 0.1) is 5.82 Å².